The van der Waals surface area contributed by atoms with Crippen molar-refractivity contribution < 1.29 is 4.79 Å². The SMILES string of the molecule is CC(C)(C(=O)Cl)C1CC1. The smallest absolute Gasteiger partial charge is 0.227 e. The number of hydrogen-bond donors (Lipinski definition) is 0. The highest BCUT2D eigenvalue weighted by molar-refractivity contribution is 6.64. The molecule has 9 heavy (non-hydrogen) atoms. The predicted molar refractivity (Wildman–Crippen MR) is 37.4 cm³/mol. The van der Waals surface area contributed by atoms with Gasteiger partial charge < -0.3 is 0 Å². The van der Waals surface area contributed by atoms with Gasteiger partial charge in [0.1, 0.15) is 0 Å². The van der Waals surface area contributed by atoms with Gasteiger partial charge >= 0.3 is 0 Å². The van der Waals surface area contributed by atoms with Crippen LogP contribution in [0.5, 0.6) is 0 Å². The minimum atomic E-state index is -0.262. The summed E-state index contributed by atoms with van der Waals surface area (Å²) in [6.45, 7) is 3.83. The summed E-state index contributed by atoms with van der Waals surface area (Å²) in [7, 11) is 0. The van der Waals surface area contributed by atoms with Crippen LogP contribution in [0.25, 0.3) is 0 Å². The highest BCUT2D eigenvalue weighted by atomic mass is 35.5. The van der Waals surface area contributed by atoms with Gasteiger partial charge in [0.05, 0.1) is 0 Å². The zero-order chi connectivity index (χ0) is 7.07. The third-order valence-corrected chi connectivity index (χ3v) is 2.59. The highest BCUT2D eigenvalue weighted by Gasteiger charge is 2.42. The van der Waals surface area contributed by atoms with Crippen molar-refractivity contribution in [1.29, 1.82) is 0 Å². The normalized spacial score (nSPS) is 19.9. The van der Waals surface area contributed by atoms with Gasteiger partial charge in [-0.2, -0.15) is 0 Å². The Hall–Kier alpha value is -0.0400. The van der Waals surface area contributed by atoms with E-state index in [9.17, 15) is 4.79 Å². The Morgan fingerprint density at radius 2 is 2.00 bits per heavy atom. The van der Waals surface area contributed by atoms with Gasteiger partial charge in [0.25, 0.3) is 0 Å². The van der Waals surface area contributed by atoms with Crippen LogP contribution in [0.2, 0.25) is 0 Å². The summed E-state index contributed by atoms with van der Waals surface area (Å²) in [6.07, 6.45) is 2.34. The fourth-order valence-electron chi connectivity index (χ4n) is 0.966. The first-order chi connectivity index (χ1) is 4.05. The topological polar surface area (TPSA) is 17.1 Å². The average Bonchev–Trinajstić information content (AvgIpc) is 2.42. The zero-order valence-electron chi connectivity index (χ0n) is 5.78. The second kappa shape index (κ2) is 1.98. The molecule has 0 atom stereocenters. The zero-order valence-corrected chi connectivity index (χ0v) is 6.53. The molecule has 0 heterocycles. The highest BCUT2D eigenvalue weighted by Crippen LogP contribution is 2.46. The first-order valence-electron chi connectivity index (χ1n) is 3.25. The van der Waals surface area contributed by atoms with Gasteiger partial charge in [0.2, 0.25) is 5.24 Å². The van der Waals surface area contributed by atoms with Crippen LogP contribution in [0.3, 0.4) is 0 Å². The maximum atomic E-state index is 10.7. The molecule has 0 N–H and O–H groups in total. The van der Waals surface area contributed by atoms with Gasteiger partial charge in [-0.1, -0.05) is 13.8 Å². The van der Waals surface area contributed by atoms with Crippen molar-refractivity contribution in [3.63, 3.8) is 0 Å². The lowest BCUT2D eigenvalue weighted by Crippen LogP contribution is -2.21. The van der Waals surface area contributed by atoms with Crippen molar-refractivity contribution in [3.05, 3.63) is 0 Å². The molecule has 0 radical (unpaired) electrons. The molecule has 1 fully saturated rings. The molecule has 2 heteroatoms. The Bertz CT molecular complexity index is 136. The van der Waals surface area contributed by atoms with Gasteiger partial charge in [-0.3, -0.25) is 4.79 Å². The standard InChI is InChI=1S/C7H11ClO/c1-7(2,6(8)9)5-3-4-5/h5H,3-4H2,1-2H3. The monoisotopic (exact) mass is 146 g/mol. The van der Waals surface area contributed by atoms with E-state index in [0.29, 0.717) is 5.92 Å². The minimum absolute atomic E-state index is 0.190. The van der Waals surface area contributed by atoms with Crippen LogP contribution in [0.4, 0.5) is 0 Å². The van der Waals surface area contributed by atoms with E-state index in [0.717, 1.165) is 0 Å². The van der Waals surface area contributed by atoms with Crippen molar-refractivity contribution in [2.75, 3.05) is 0 Å². The molecule has 0 saturated heterocycles. The summed E-state index contributed by atoms with van der Waals surface area (Å²) >= 11 is 5.37. The van der Waals surface area contributed by atoms with Crippen LogP contribution in [0, 0.1) is 11.3 Å². The minimum Gasteiger partial charge on any atom is -0.281 e. The molecule has 1 aliphatic carbocycles. The largest absolute Gasteiger partial charge is 0.281 e. The van der Waals surface area contributed by atoms with E-state index < -0.39 is 0 Å². The maximum Gasteiger partial charge on any atom is 0.227 e. The Morgan fingerprint density at radius 1 is 1.56 bits per heavy atom. The predicted octanol–water partition coefficient (Wildman–Crippen LogP) is 2.19. The van der Waals surface area contributed by atoms with Gasteiger partial charge in [-0.25, -0.2) is 0 Å². The fourth-order valence-corrected chi connectivity index (χ4v) is 1.12. The van der Waals surface area contributed by atoms with E-state index in [-0.39, 0.29) is 10.7 Å². The van der Waals surface area contributed by atoms with Crippen LogP contribution in [-0.2, 0) is 4.79 Å². The van der Waals surface area contributed by atoms with E-state index in [1.54, 1.807) is 0 Å². The first-order valence-corrected chi connectivity index (χ1v) is 3.63. The molecular formula is C7H11ClO. The molecule has 0 amide bonds. The van der Waals surface area contributed by atoms with Crippen LogP contribution < -0.4 is 0 Å². The van der Waals surface area contributed by atoms with Crippen molar-refractivity contribution in [1.82, 2.24) is 0 Å². The van der Waals surface area contributed by atoms with Gasteiger partial charge in [-0.05, 0) is 30.4 Å². The number of hydrogen-bond acceptors (Lipinski definition) is 1. The van der Waals surface area contributed by atoms with Crippen molar-refractivity contribution in [2.45, 2.75) is 26.7 Å². The molecule has 52 valence electrons. The molecule has 0 aromatic carbocycles. The third kappa shape index (κ3) is 1.26. The third-order valence-electron chi connectivity index (χ3n) is 2.10. The van der Waals surface area contributed by atoms with Crippen molar-refractivity contribution in [3.8, 4) is 0 Å². The van der Waals surface area contributed by atoms with Crippen LogP contribution in [0.1, 0.15) is 26.7 Å². The van der Waals surface area contributed by atoms with Crippen LogP contribution in [-0.4, -0.2) is 5.24 Å². The quantitative estimate of drug-likeness (QED) is 0.546. The summed E-state index contributed by atoms with van der Waals surface area (Å²) in [4.78, 5) is 10.7. The summed E-state index contributed by atoms with van der Waals surface area (Å²) in [5.41, 5.74) is -0.262. The molecule has 1 rings (SSSR count). The van der Waals surface area contributed by atoms with Gasteiger partial charge in [-0.15, -0.1) is 0 Å². The van der Waals surface area contributed by atoms with E-state index in [4.69, 9.17) is 11.6 Å². The molecule has 0 spiro atoms. The van der Waals surface area contributed by atoms with E-state index >= 15 is 0 Å². The Balaban J connectivity index is 2.59. The lowest BCUT2D eigenvalue weighted by Gasteiger charge is -2.17. The molecule has 0 aromatic heterocycles. The fraction of sp³-hybridized carbons (Fsp3) is 0.857. The molecule has 1 nitrogen and oxygen atoms in total. The van der Waals surface area contributed by atoms with E-state index in [1.807, 2.05) is 13.8 Å². The Kier molecular flexibility index (Phi) is 1.55. The molecule has 0 unspecified atom stereocenters. The first kappa shape index (κ1) is 7.07. The number of carbonyl (C=O) groups is 1. The lowest BCUT2D eigenvalue weighted by atomic mass is 9.89. The van der Waals surface area contributed by atoms with E-state index in [2.05, 4.69) is 0 Å². The van der Waals surface area contributed by atoms with Crippen molar-refractivity contribution in [2.24, 2.45) is 11.3 Å². The van der Waals surface area contributed by atoms with Crippen LogP contribution in [0.15, 0.2) is 0 Å². The second-order valence-corrected chi connectivity index (χ2v) is 3.61. The van der Waals surface area contributed by atoms with Crippen molar-refractivity contribution >= 4 is 16.8 Å². The molecule has 0 aliphatic heterocycles. The maximum absolute atomic E-state index is 10.7. The second-order valence-electron chi connectivity index (χ2n) is 3.27. The average molecular weight is 147 g/mol. The van der Waals surface area contributed by atoms with Crippen LogP contribution >= 0.6 is 11.6 Å². The van der Waals surface area contributed by atoms with Gasteiger partial charge in [0, 0.05) is 5.41 Å². The summed E-state index contributed by atoms with van der Waals surface area (Å²) in [5.74, 6) is 0.558. The van der Waals surface area contributed by atoms with E-state index in [1.165, 1.54) is 12.8 Å². The number of rotatable bonds is 2. The molecule has 1 aliphatic rings. The summed E-state index contributed by atoms with van der Waals surface area (Å²) in [6, 6.07) is 0. The molecule has 0 bridgehead atoms. The molecule has 1 saturated carbocycles. The lowest BCUT2D eigenvalue weighted by molar-refractivity contribution is -0.119. The summed E-state index contributed by atoms with van der Waals surface area (Å²) < 4.78 is 0. The Morgan fingerprint density at radius 3 is 2.11 bits per heavy atom. The molecule has 0 aromatic rings. The summed E-state index contributed by atoms with van der Waals surface area (Å²) in [5, 5.41) is -0.190. The Labute approximate surface area is 60.4 Å². The number of halogens is 1. The number of carbonyl (C=O) groups excluding carboxylic acids is 1. The van der Waals surface area contributed by atoms with Gasteiger partial charge in [0.15, 0.2) is 0 Å². The molecular weight excluding hydrogens is 136 g/mol.